The van der Waals surface area contributed by atoms with Gasteiger partial charge < -0.3 is 20.1 Å². The van der Waals surface area contributed by atoms with Crippen molar-refractivity contribution in [2.45, 2.75) is 45.6 Å². The maximum absolute atomic E-state index is 5.46. The van der Waals surface area contributed by atoms with Crippen molar-refractivity contribution in [2.75, 3.05) is 60.2 Å². The molecule has 1 atom stereocenters. The molecular weight excluding hydrogens is 431 g/mol. The number of likely N-dealkylation sites (tertiary alicyclic amines) is 1. The van der Waals surface area contributed by atoms with Crippen LogP contribution >= 0.6 is 24.0 Å². The topological polar surface area (TPSA) is 58.1 Å². The first-order valence-electron chi connectivity index (χ1n) is 9.44. The first kappa shape index (κ1) is 24.9. The van der Waals surface area contributed by atoms with Crippen LogP contribution in [0, 0.1) is 5.92 Å². The molecule has 1 heterocycles. The Labute approximate surface area is 171 Å². The third kappa shape index (κ3) is 11.2. The first-order chi connectivity index (χ1) is 11.7. The van der Waals surface area contributed by atoms with Crippen molar-refractivity contribution < 1.29 is 9.47 Å². The largest absolute Gasteiger partial charge is 0.382 e. The van der Waals surface area contributed by atoms with Crippen molar-refractivity contribution in [2.24, 2.45) is 10.9 Å². The molecule has 1 aliphatic rings. The Morgan fingerprint density at radius 1 is 1.04 bits per heavy atom. The number of hydrogen-bond donors (Lipinski definition) is 2. The minimum absolute atomic E-state index is 0. The van der Waals surface area contributed by atoms with E-state index in [-0.39, 0.29) is 24.0 Å². The summed E-state index contributed by atoms with van der Waals surface area (Å²) in [6, 6.07) is 0.555. The van der Waals surface area contributed by atoms with Gasteiger partial charge in [0.05, 0.1) is 19.8 Å². The summed E-state index contributed by atoms with van der Waals surface area (Å²) in [4.78, 5) is 6.97. The minimum atomic E-state index is 0. The molecule has 0 aromatic heterocycles. The van der Waals surface area contributed by atoms with Crippen LogP contribution in [0.4, 0.5) is 0 Å². The van der Waals surface area contributed by atoms with Gasteiger partial charge in [-0.1, -0.05) is 26.7 Å². The SMILES string of the molecule is CN=C(NCCOCCOC)NCC(C(C)C)N1CCCCCC1.I. The number of nitrogens with zero attached hydrogens (tertiary/aromatic N) is 2. The van der Waals surface area contributed by atoms with Crippen LogP contribution in [0.5, 0.6) is 0 Å². The highest BCUT2D eigenvalue weighted by Gasteiger charge is 2.22. The van der Waals surface area contributed by atoms with E-state index in [1.165, 1.54) is 38.8 Å². The zero-order valence-corrected chi connectivity index (χ0v) is 18.9. The zero-order chi connectivity index (χ0) is 17.6. The van der Waals surface area contributed by atoms with Gasteiger partial charge in [0.25, 0.3) is 0 Å². The van der Waals surface area contributed by atoms with E-state index in [0.717, 1.165) is 19.0 Å². The van der Waals surface area contributed by atoms with E-state index in [1.54, 1.807) is 7.11 Å². The van der Waals surface area contributed by atoms with Crippen LogP contribution in [0.25, 0.3) is 0 Å². The fourth-order valence-corrected chi connectivity index (χ4v) is 3.12. The number of hydrogen-bond acceptors (Lipinski definition) is 4. The molecule has 0 spiro atoms. The summed E-state index contributed by atoms with van der Waals surface area (Å²) in [5.41, 5.74) is 0. The van der Waals surface area contributed by atoms with Gasteiger partial charge in [-0.05, 0) is 31.8 Å². The molecule has 1 unspecified atom stereocenters. The van der Waals surface area contributed by atoms with Crippen molar-refractivity contribution in [3.8, 4) is 0 Å². The van der Waals surface area contributed by atoms with E-state index in [9.17, 15) is 0 Å². The van der Waals surface area contributed by atoms with Gasteiger partial charge in [0.15, 0.2) is 5.96 Å². The van der Waals surface area contributed by atoms with Gasteiger partial charge in [-0.25, -0.2) is 0 Å². The van der Waals surface area contributed by atoms with Crippen molar-refractivity contribution >= 4 is 29.9 Å². The van der Waals surface area contributed by atoms with E-state index in [1.807, 2.05) is 7.05 Å². The molecule has 2 N–H and O–H groups in total. The zero-order valence-electron chi connectivity index (χ0n) is 16.6. The highest BCUT2D eigenvalue weighted by molar-refractivity contribution is 14.0. The summed E-state index contributed by atoms with van der Waals surface area (Å²) < 4.78 is 10.4. The molecule has 150 valence electrons. The lowest BCUT2D eigenvalue weighted by atomic mass is 10.0. The Bertz CT molecular complexity index is 335. The average Bonchev–Trinajstić information content (AvgIpc) is 2.85. The molecule has 0 aromatic rings. The Morgan fingerprint density at radius 2 is 1.72 bits per heavy atom. The highest BCUT2D eigenvalue weighted by Crippen LogP contribution is 2.16. The maximum Gasteiger partial charge on any atom is 0.191 e. The van der Waals surface area contributed by atoms with Crippen LogP contribution in [0.2, 0.25) is 0 Å². The van der Waals surface area contributed by atoms with Crippen molar-refractivity contribution in [1.29, 1.82) is 0 Å². The molecule has 0 saturated carbocycles. The predicted octanol–water partition coefficient (Wildman–Crippen LogP) is 2.33. The van der Waals surface area contributed by atoms with Crippen LogP contribution in [-0.2, 0) is 9.47 Å². The Hall–Kier alpha value is -0.120. The lowest BCUT2D eigenvalue weighted by Crippen LogP contribution is -2.50. The predicted molar refractivity (Wildman–Crippen MR) is 116 cm³/mol. The first-order valence-corrected chi connectivity index (χ1v) is 9.44. The number of rotatable bonds is 10. The molecule has 0 amide bonds. The molecule has 1 saturated heterocycles. The third-order valence-electron chi connectivity index (χ3n) is 4.55. The summed E-state index contributed by atoms with van der Waals surface area (Å²) in [6.07, 6.45) is 5.41. The lowest BCUT2D eigenvalue weighted by Gasteiger charge is -2.34. The van der Waals surface area contributed by atoms with Gasteiger partial charge in [0.2, 0.25) is 0 Å². The number of nitrogens with one attached hydrogen (secondary N) is 2. The van der Waals surface area contributed by atoms with E-state index in [2.05, 4.69) is 34.4 Å². The summed E-state index contributed by atoms with van der Waals surface area (Å²) in [6.45, 7) is 10.7. The molecule has 0 radical (unpaired) electrons. The lowest BCUT2D eigenvalue weighted by molar-refractivity contribution is 0.0733. The fraction of sp³-hybridized carbons (Fsp3) is 0.944. The number of guanidine groups is 1. The highest BCUT2D eigenvalue weighted by atomic mass is 127. The smallest absolute Gasteiger partial charge is 0.191 e. The summed E-state index contributed by atoms with van der Waals surface area (Å²) >= 11 is 0. The van der Waals surface area contributed by atoms with Gasteiger partial charge >= 0.3 is 0 Å². The van der Waals surface area contributed by atoms with E-state index in [4.69, 9.17) is 9.47 Å². The molecule has 0 bridgehead atoms. The standard InChI is InChI=1S/C18H38N4O2.HI/c1-16(2)17(22-10-7-5-6-8-11-22)15-21-18(19-3)20-9-12-24-14-13-23-4;/h16-17H,5-15H2,1-4H3,(H2,19,20,21);1H. The molecule has 25 heavy (non-hydrogen) atoms. The molecule has 1 fully saturated rings. The van der Waals surface area contributed by atoms with Gasteiger partial charge in [-0.2, -0.15) is 0 Å². The van der Waals surface area contributed by atoms with Gasteiger partial charge in [0, 0.05) is 33.3 Å². The molecule has 1 aliphatic heterocycles. The number of aliphatic imine (C=N–C) groups is 1. The van der Waals surface area contributed by atoms with Crippen LogP contribution in [-0.4, -0.2) is 77.1 Å². The van der Waals surface area contributed by atoms with Gasteiger partial charge in [0.1, 0.15) is 0 Å². The van der Waals surface area contributed by atoms with E-state index in [0.29, 0.717) is 31.8 Å². The summed E-state index contributed by atoms with van der Waals surface area (Å²) in [7, 11) is 3.50. The van der Waals surface area contributed by atoms with Gasteiger partial charge in [-0.3, -0.25) is 9.89 Å². The Morgan fingerprint density at radius 3 is 2.28 bits per heavy atom. The average molecular weight is 470 g/mol. The third-order valence-corrected chi connectivity index (χ3v) is 4.55. The van der Waals surface area contributed by atoms with Crippen LogP contribution in [0.15, 0.2) is 4.99 Å². The monoisotopic (exact) mass is 470 g/mol. The van der Waals surface area contributed by atoms with E-state index >= 15 is 0 Å². The second-order valence-corrected chi connectivity index (χ2v) is 6.75. The molecular formula is C18H39IN4O2. The molecule has 7 heteroatoms. The Balaban J connectivity index is 0.00000576. The summed E-state index contributed by atoms with van der Waals surface area (Å²) in [5, 5.41) is 6.80. The normalized spacial score (nSPS) is 17.7. The van der Waals surface area contributed by atoms with Gasteiger partial charge in [-0.15, -0.1) is 24.0 Å². The number of methoxy groups -OCH3 is 1. The van der Waals surface area contributed by atoms with Crippen molar-refractivity contribution in [3.63, 3.8) is 0 Å². The molecule has 0 aliphatic carbocycles. The Kier molecular flexibility index (Phi) is 16.0. The second-order valence-electron chi connectivity index (χ2n) is 6.75. The quantitative estimate of drug-likeness (QED) is 0.222. The van der Waals surface area contributed by atoms with Crippen molar-refractivity contribution in [1.82, 2.24) is 15.5 Å². The van der Waals surface area contributed by atoms with Crippen LogP contribution in [0.3, 0.4) is 0 Å². The molecule has 1 rings (SSSR count). The van der Waals surface area contributed by atoms with Crippen LogP contribution < -0.4 is 10.6 Å². The minimum Gasteiger partial charge on any atom is -0.382 e. The van der Waals surface area contributed by atoms with E-state index < -0.39 is 0 Å². The summed E-state index contributed by atoms with van der Waals surface area (Å²) in [5.74, 6) is 1.48. The molecule has 0 aromatic carbocycles. The van der Waals surface area contributed by atoms with Crippen molar-refractivity contribution in [3.05, 3.63) is 0 Å². The maximum atomic E-state index is 5.46. The second kappa shape index (κ2) is 16.1. The number of halogens is 1. The molecule has 6 nitrogen and oxygen atoms in total. The fourth-order valence-electron chi connectivity index (χ4n) is 3.12. The number of ether oxygens (including phenoxy) is 2. The van der Waals surface area contributed by atoms with Crippen LogP contribution in [0.1, 0.15) is 39.5 Å².